The Kier molecular flexibility index (Phi) is 13.4. The molecular weight excluding hydrogens is 584 g/mol. The lowest BCUT2D eigenvalue weighted by molar-refractivity contribution is -0.164. The van der Waals surface area contributed by atoms with E-state index in [0.717, 1.165) is 18.4 Å². The van der Waals surface area contributed by atoms with Crippen LogP contribution in [0.1, 0.15) is 104 Å². The Labute approximate surface area is 283 Å². The van der Waals surface area contributed by atoms with Crippen LogP contribution >= 0.6 is 0 Å². The Hall–Kier alpha value is -3.93. The third-order valence-electron chi connectivity index (χ3n) is 8.56. The Morgan fingerprint density at radius 2 is 1.38 bits per heavy atom. The zero-order valence-corrected chi connectivity index (χ0v) is 30.0. The Bertz CT molecular complexity index is 1450. The lowest BCUT2D eigenvalue weighted by Gasteiger charge is -2.34. The topological polar surface area (TPSA) is 84.5 Å². The van der Waals surface area contributed by atoms with E-state index >= 15 is 0 Å². The van der Waals surface area contributed by atoms with Gasteiger partial charge in [0.2, 0.25) is 11.8 Å². The molecule has 0 heterocycles. The van der Waals surface area contributed by atoms with Gasteiger partial charge in [-0.2, -0.15) is 0 Å². The van der Waals surface area contributed by atoms with Crippen molar-refractivity contribution in [3.8, 4) is 11.1 Å². The number of benzene rings is 3. The molecule has 6 heteroatoms. The molecule has 0 aliphatic rings. The second kappa shape index (κ2) is 16.8. The molecule has 3 aromatic carbocycles. The van der Waals surface area contributed by atoms with Crippen LogP contribution in [0.3, 0.4) is 0 Å². The molecule has 4 atom stereocenters. The molecule has 254 valence electrons. The van der Waals surface area contributed by atoms with E-state index in [2.05, 4.69) is 47.9 Å². The molecule has 6 nitrogen and oxygen atoms in total. The molecule has 0 unspecified atom stereocenters. The number of amides is 2. The predicted molar refractivity (Wildman–Crippen MR) is 192 cm³/mol. The molecule has 0 saturated carbocycles. The molecule has 3 rings (SSSR count). The smallest absolute Gasteiger partial charge is 0.310 e. The summed E-state index contributed by atoms with van der Waals surface area (Å²) < 4.78 is 5.84. The van der Waals surface area contributed by atoms with Gasteiger partial charge in [-0.25, -0.2) is 0 Å². The zero-order valence-electron chi connectivity index (χ0n) is 30.0. The normalized spacial score (nSPS) is 14.4. The molecule has 2 amide bonds. The predicted octanol–water partition coefficient (Wildman–Crippen LogP) is 8.77. The van der Waals surface area contributed by atoms with Crippen molar-refractivity contribution >= 4 is 17.8 Å². The van der Waals surface area contributed by atoms with Crippen LogP contribution in [0.4, 0.5) is 0 Å². The number of ether oxygens (including phenoxy) is 1. The maximum Gasteiger partial charge on any atom is 0.310 e. The molecule has 0 spiro atoms. The highest BCUT2D eigenvalue weighted by Crippen LogP contribution is 2.30. The number of carbonyl (C=O) groups is 3. The number of esters is 1. The van der Waals surface area contributed by atoms with Gasteiger partial charge in [-0.3, -0.25) is 14.4 Å². The molecule has 0 saturated heterocycles. The maximum atomic E-state index is 14.2. The summed E-state index contributed by atoms with van der Waals surface area (Å²) in [5.74, 6) is -2.16. The lowest BCUT2D eigenvalue weighted by atomic mass is 9.81. The average Bonchev–Trinajstić information content (AvgIpc) is 3.00. The van der Waals surface area contributed by atoms with E-state index in [0.29, 0.717) is 19.3 Å². The number of nitrogens with one attached hydrogen (secondary N) is 2. The van der Waals surface area contributed by atoms with Gasteiger partial charge in [0.15, 0.2) is 0 Å². The fourth-order valence-electron chi connectivity index (χ4n) is 6.08. The molecule has 0 bridgehead atoms. The van der Waals surface area contributed by atoms with Gasteiger partial charge in [0, 0.05) is 0 Å². The number of carbonyl (C=O) groups excluding carboxylic acids is 3. The minimum absolute atomic E-state index is 0.229. The molecule has 2 N–H and O–H groups in total. The summed E-state index contributed by atoms with van der Waals surface area (Å²) in [5, 5.41) is 6.19. The molecule has 0 aliphatic carbocycles. The van der Waals surface area contributed by atoms with Crippen LogP contribution in [0.15, 0.2) is 78.9 Å². The zero-order chi connectivity index (χ0) is 34.8. The Morgan fingerprint density at radius 1 is 0.766 bits per heavy atom. The third-order valence-corrected chi connectivity index (χ3v) is 8.56. The van der Waals surface area contributed by atoms with E-state index in [1.54, 1.807) is 0 Å². The Balaban J connectivity index is 1.84. The molecule has 47 heavy (non-hydrogen) atoms. The van der Waals surface area contributed by atoms with Crippen molar-refractivity contribution in [2.45, 2.75) is 112 Å². The van der Waals surface area contributed by atoms with Crippen LogP contribution < -0.4 is 10.6 Å². The van der Waals surface area contributed by atoms with Crippen molar-refractivity contribution < 1.29 is 19.1 Å². The fraction of sp³-hybridized carbons (Fsp3) is 0.488. The van der Waals surface area contributed by atoms with Gasteiger partial charge in [0.05, 0.1) is 17.9 Å². The second-order valence-electron chi connectivity index (χ2n) is 14.9. The summed E-state index contributed by atoms with van der Waals surface area (Å²) in [7, 11) is 0. The minimum Gasteiger partial charge on any atom is -0.460 e. The van der Waals surface area contributed by atoms with Crippen LogP contribution in [0.5, 0.6) is 0 Å². The van der Waals surface area contributed by atoms with Crippen molar-refractivity contribution in [3.05, 3.63) is 95.6 Å². The highest BCUT2D eigenvalue weighted by molar-refractivity contribution is 5.91. The van der Waals surface area contributed by atoms with E-state index < -0.39 is 28.9 Å². The Morgan fingerprint density at radius 3 is 1.94 bits per heavy atom. The first-order chi connectivity index (χ1) is 22.1. The minimum atomic E-state index is -0.794. The summed E-state index contributed by atoms with van der Waals surface area (Å²) in [6.07, 6.45) is 3.22. The molecular formula is C41H56N2O4. The second-order valence-corrected chi connectivity index (χ2v) is 14.9. The standard InChI is InChI=1S/C41H56N2O4/c1-10-18-35(39(46)47-41(7,8)9)34(24-17-19-30-25-26-33(28(2)27-30)32-22-15-12-16-23-32)37(44)43-36(40(4,5)6)38(45)42-29(3)31-20-13-11-14-21-31/h11-16,20-23,25-27,29,34-36H,10,17-19,24H2,1-9H3,(H,42,45)(H,43,44)/t29-,34-,35+,36-/m1/s1. The van der Waals surface area contributed by atoms with Crippen molar-refractivity contribution in [3.63, 3.8) is 0 Å². The first-order valence-corrected chi connectivity index (χ1v) is 17.1. The highest BCUT2D eigenvalue weighted by atomic mass is 16.6. The number of rotatable bonds is 14. The van der Waals surface area contributed by atoms with Crippen molar-refractivity contribution in [2.75, 3.05) is 0 Å². The maximum absolute atomic E-state index is 14.2. The summed E-state index contributed by atoms with van der Waals surface area (Å²) in [6, 6.07) is 25.6. The number of aryl methyl sites for hydroxylation is 2. The third kappa shape index (κ3) is 11.4. The van der Waals surface area contributed by atoms with Crippen LogP contribution in [0, 0.1) is 24.2 Å². The van der Waals surface area contributed by atoms with Gasteiger partial charge in [-0.15, -0.1) is 0 Å². The monoisotopic (exact) mass is 640 g/mol. The fourth-order valence-corrected chi connectivity index (χ4v) is 6.08. The van der Waals surface area contributed by atoms with Crippen molar-refractivity contribution in [2.24, 2.45) is 17.3 Å². The van der Waals surface area contributed by atoms with Crippen LogP contribution in [-0.2, 0) is 25.5 Å². The first kappa shape index (κ1) is 37.5. The first-order valence-electron chi connectivity index (χ1n) is 17.1. The molecule has 0 aliphatic heterocycles. The summed E-state index contributed by atoms with van der Waals surface area (Å²) >= 11 is 0. The van der Waals surface area contributed by atoms with E-state index in [9.17, 15) is 14.4 Å². The van der Waals surface area contributed by atoms with Crippen LogP contribution in [-0.4, -0.2) is 29.4 Å². The van der Waals surface area contributed by atoms with Crippen molar-refractivity contribution in [1.82, 2.24) is 10.6 Å². The van der Waals surface area contributed by atoms with Gasteiger partial charge in [-0.1, -0.05) is 113 Å². The average molecular weight is 641 g/mol. The molecule has 0 radical (unpaired) electrons. The molecule has 0 fully saturated rings. The molecule has 0 aromatic heterocycles. The van der Waals surface area contributed by atoms with Gasteiger partial charge in [-0.05, 0) is 93.5 Å². The number of hydrogen-bond donors (Lipinski definition) is 2. The van der Waals surface area contributed by atoms with Gasteiger partial charge >= 0.3 is 5.97 Å². The molecule has 3 aromatic rings. The summed E-state index contributed by atoms with van der Waals surface area (Å²) in [5.41, 5.74) is 4.51. The SMILES string of the molecule is CCC[C@H](C(=O)OC(C)(C)C)[C@@H](CCCc1ccc(-c2ccccc2)c(C)c1)C(=O)N[C@H](C(=O)N[C@H](C)c1ccccc1)C(C)(C)C. The van der Waals surface area contributed by atoms with Crippen molar-refractivity contribution in [1.29, 1.82) is 0 Å². The van der Waals surface area contributed by atoms with Gasteiger partial charge in [0.25, 0.3) is 0 Å². The number of hydrogen-bond acceptors (Lipinski definition) is 4. The summed E-state index contributed by atoms with van der Waals surface area (Å²) in [6.45, 7) is 17.4. The summed E-state index contributed by atoms with van der Waals surface area (Å²) in [4.78, 5) is 41.5. The van der Waals surface area contributed by atoms with Crippen LogP contribution in [0.2, 0.25) is 0 Å². The van der Waals surface area contributed by atoms with E-state index in [1.165, 1.54) is 22.3 Å². The lowest BCUT2D eigenvalue weighted by Crippen LogP contribution is -2.56. The van der Waals surface area contributed by atoms with Crippen LogP contribution in [0.25, 0.3) is 11.1 Å². The van der Waals surface area contributed by atoms with E-state index in [1.807, 2.05) is 104 Å². The highest BCUT2D eigenvalue weighted by Gasteiger charge is 2.40. The van der Waals surface area contributed by atoms with E-state index in [-0.39, 0.29) is 23.8 Å². The quantitative estimate of drug-likeness (QED) is 0.173. The van der Waals surface area contributed by atoms with E-state index in [4.69, 9.17) is 4.74 Å². The van der Waals surface area contributed by atoms with Gasteiger partial charge < -0.3 is 15.4 Å². The van der Waals surface area contributed by atoms with Gasteiger partial charge in [0.1, 0.15) is 11.6 Å². The largest absolute Gasteiger partial charge is 0.460 e.